The predicted molar refractivity (Wildman–Crippen MR) is 92.1 cm³/mol. The average molecular weight is 418 g/mol. The van der Waals surface area contributed by atoms with Gasteiger partial charge in [-0.15, -0.1) is 10.2 Å². The Balaban J connectivity index is 1.94. The zero-order valence-electron chi connectivity index (χ0n) is 10.5. The molecule has 1 aromatic carbocycles. The van der Waals surface area contributed by atoms with Gasteiger partial charge in [0.25, 0.3) is 5.91 Å². The Morgan fingerprint density at radius 2 is 2.05 bits per heavy atom. The first-order valence-corrected chi connectivity index (χ1v) is 8.09. The third-order valence-corrected chi connectivity index (χ3v) is 4.23. The molecule has 0 atom stereocenters. The number of benzene rings is 1. The second-order valence-corrected chi connectivity index (χ2v) is 6.49. The monoisotopic (exact) mass is 418 g/mol. The fourth-order valence-electron chi connectivity index (χ4n) is 1.35. The van der Waals surface area contributed by atoms with Gasteiger partial charge in [-0.2, -0.15) is 0 Å². The summed E-state index contributed by atoms with van der Waals surface area (Å²) in [6, 6.07) is 7.23. The summed E-state index contributed by atoms with van der Waals surface area (Å²) in [5, 5.41) is 15.1. The molecule has 2 aromatic rings. The summed E-state index contributed by atoms with van der Waals surface area (Å²) in [5.74, 6) is -0.251. The number of thiocarbonyl (C=S) groups is 1. The lowest BCUT2D eigenvalue weighted by Gasteiger charge is -2.06. The first-order valence-electron chi connectivity index (χ1n) is 5.78. The number of amides is 1. The molecule has 1 amide bonds. The van der Waals surface area contributed by atoms with Gasteiger partial charge in [-0.25, -0.2) is 0 Å². The molecule has 0 unspecified atom stereocenters. The van der Waals surface area contributed by atoms with Gasteiger partial charge < -0.3 is 5.32 Å². The fourth-order valence-corrected chi connectivity index (χ4v) is 2.65. The highest BCUT2D eigenvalue weighted by molar-refractivity contribution is 14.1. The van der Waals surface area contributed by atoms with Gasteiger partial charge in [0, 0.05) is 9.13 Å². The van der Waals surface area contributed by atoms with E-state index < -0.39 is 0 Å². The number of carbonyl (C=O) groups excluding carboxylic acids is 1. The maximum absolute atomic E-state index is 11.9. The van der Waals surface area contributed by atoms with Crippen LogP contribution in [0.3, 0.4) is 0 Å². The third kappa shape index (κ3) is 4.18. The molecule has 20 heavy (non-hydrogen) atoms. The highest BCUT2D eigenvalue weighted by Gasteiger charge is 2.09. The van der Waals surface area contributed by atoms with Crippen molar-refractivity contribution in [2.75, 3.05) is 5.32 Å². The van der Waals surface area contributed by atoms with Crippen molar-refractivity contribution >= 4 is 62.3 Å². The molecule has 2 rings (SSSR count). The maximum Gasteiger partial charge on any atom is 0.257 e. The molecule has 0 aliphatic heterocycles. The van der Waals surface area contributed by atoms with E-state index in [9.17, 15) is 4.79 Å². The molecule has 0 spiro atoms. The summed E-state index contributed by atoms with van der Waals surface area (Å²) in [6.45, 7) is 2.00. The summed E-state index contributed by atoms with van der Waals surface area (Å²) in [6.07, 6.45) is 0.821. The Labute approximate surface area is 139 Å². The Morgan fingerprint density at radius 1 is 1.35 bits per heavy atom. The first-order chi connectivity index (χ1) is 9.58. The van der Waals surface area contributed by atoms with E-state index in [0.717, 1.165) is 15.0 Å². The molecule has 5 nitrogen and oxygen atoms in total. The molecule has 0 aliphatic carbocycles. The molecule has 0 aliphatic rings. The number of anilines is 1. The minimum Gasteiger partial charge on any atom is -0.307 e. The van der Waals surface area contributed by atoms with Crippen molar-refractivity contribution in [3.05, 3.63) is 38.4 Å². The van der Waals surface area contributed by atoms with Gasteiger partial charge in [0.05, 0.1) is 0 Å². The number of hydrogen-bond acceptors (Lipinski definition) is 5. The van der Waals surface area contributed by atoms with Crippen molar-refractivity contribution in [1.82, 2.24) is 15.5 Å². The molecule has 0 fully saturated rings. The van der Waals surface area contributed by atoms with Crippen LogP contribution >= 0.6 is 46.1 Å². The smallest absolute Gasteiger partial charge is 0.257 e. The quantitative estimate of drug-likeness (QED) is 0.593. The lowest BCUT2D eigenvalue weighted by atomic mass is 10.2. The standard InChI is InChI=1S/C12H11IN4OS2/c1-2-9-16-17-12(20-9)15-11(19)14-10(18)7-3-5-8(13)6-4-7/h3-6H,2H2,1H3,(H2,14,15,17,18,19). The van der Waals surface area contributed by atoms with Gasteiger partial charge in [0.1, 0.15) is 5.01 Å². The van der Waals surface area contributed by atoms with Gasteiger partial charge in [-0.1, -0.05) is 18.3 Å². The van der Waals surface area contributed by atoms with E-state index in [0.29, 0.717) is 10.7 Å². The van der Waals surface area contributed by atoms with Crippen LogP contribution in [-0.4, -0.2) is 21.2 Å². The molecular formula is C12H11IN4OS2. The number of rotatable bonds is 3. The van der Waals surface area contributed by atoms with Crippen LogP contribution in [0.1, 0.15) is 22.3 Å². The summed E-state index contributed by atoms with van der Waals surface area (Å²) in [4.78, 5) is 11.9. The van der Waals surface area contributed by atoms with Crippen molar-refractivity contribution in [3.63, 3.8) is 0 Å². The molecule has 8 heteroatoms. The van der Waals surface area contributed by atoms with Crippen LogP contribution < -0.4 is 10.6 Å². The average Bonchev–Trinajstić information content (AvgIpc) is 2.86. The minimum absolute atomic E-state index is 0.215. The van der Waals surface area contributed by atoms with Crippen LogP contribution in [0, 0.1) is 3.57 Å². The van der Waals surface area contributed by atoms with Crippen molar-refractivity contribution in [2.45, 2.75) is 13.3 Å². The van der Waals surface area contributed by atoms with E-state index in [4.69, 9.17) is 12.2 Å². The summed E-state index contributed by atoms with van der Waals surface area (Å²) >= 11 is 8.67. The highest BCUT2D eigenvalue weighted by Crippen LogP contribution is 2.15. The van der Waals surface area contributed by atoms with E-state index in [2.05, 4.69) is 43.4 Å². The van der Waals surface area contributed by atoms with Gasteiger partial charge >= 0.3 is 0 Å². The number of nitrogens with zero attached hydrogens (tertiary/aromatic N) is 2. The van der Waals surface area contributed by atoms with E-state index >= 15 is 0 Å². The lowest BCUT2D eigenvalue weighted by molar-refractivity contribution is 0.0977. The fraction of sp³-hybridized carbons (Fsp3) is 0.167. The number of halogens is 1. The Kier molecular flexibility index (Phi) is 5.38. The highest BCUT2D eigenvalue weighted by atomic mass is 127. The third-order valence-electron chi connectivity index (χ3n) is 2.32. The summed E-state index contributed by atoms with van der Waals surface area (Å²) in [7, 11) is 0. The van der Waals surface area contributed by atoms with Crippen LogP contribution in [0.25, 0.3) is 0 Å². The van der Waals surface area contributed by atoms with Gasteiger partial charge in [-0.05, 0) is 65.5 Å². The molecule has 0 bridgehead atoms. The van der Waals surface area contributed by atoms with E-state index in [1.165, 1.54) is 11.3 Å². The van der Waals surface area contributed by atoms with Crippen LogP contribution in [-0.2, 0) is 6.42 Å². The SMILES string of the molecule is CCc1nnc(NC(=S)NC(=O)c2ccc(I)cc2)s1. The Morgan fingerprint density at radius 3 is 2.65 bits per heavy atom. The number of nitrogens with one attached hydrogen (secondary N) is 2. The van der Waals surface area contributed by atoms with Crippen LogP contribution in [0.4, 0.5) is 5.13 Å². The number of aromatic nitrogens is 2. The van der Waals surface area contributed by atoms with E-state index in [-0.39, 0.29) is 11.0 Å². The molecule has 1 aromatic heterocycles. The second kappa shape index (κ2) is 7.04. The zero-order valence-corrected chi connectivity index (χ0v) is 14.3. The van der Waals surface area contributed by atoms with Gasteiger partial charge in [-0.3, -0.25) is 10.1 Å². The Hall–Kier alpha value is -1.13. The Bertz CT molecular complexity index is 627. The number of aryl methyl sites for hydroxylation is 1. The molecule has 0 saturated heterocycles. The minimum atomic E-state index is -0.251. The van der Waals surface area contributed by atoms with Gasteiger partial charge in [0.15, 0.2) is 5.11 Å². The van der Waals surface area contributed by atoms with E-state index in [1.807, 2.05) is 19.1 Å². The summed E-state index contributed by atoms with van der Waals surface area (Å²) in [5.41, 5.74) is 0.557. The largest absolute Gasteiger partial charge is 0.307 e. The van der Waals surface area contributed by atoms with Crippen molar-refractivity contribution in [3.8, 4) is 0 Å². The van der Waals surface area contributed by atoms with Crippen LogP contribution in [0.15, 0.2) is 24.3 Å². The molecular weight excluding hydrogens is 407 g/mol. The van der Waals surface area contributed by atoms with Crippen molar-refractivity contribution in [2.24, 2.45) is 0 Å². The molecule has 0 saturated carbocycles. The van der Waals surface area contributed by atoms with E-state index in [1.54, 1.807) is 12.1 Å². The lowest BCUT2D eigenvalue weighted by Crippen LogP contribution is -2.34. The van der Waals surface area contributed by atoms with Crippen molar-refractivity contribution in [1.29, 1.82) is 0 Å². The number of carbonyl (C=O) groups is 1. The normalized spacial score (nSPS) is 10.1. The van der Waals surface area contributed by atoms with Gasteiger partial charge in [0.2, 0.25) is 5.13 Å². The first kappa shape index (κ1) is 15.3. The second-order valence-electron chi connectivity index (χ2n) is 3.77. The maximum atomic E-state index is 11.9. The molecule has 1 heterocycles. The molecule has 2 N–H and O–H groups in total. The van der Waals surface area contributed by atoms with Crippen molar-refractivity contribution < 1.29 is 4.79 Å². The summed E-state index contributed by atoms with van der Waals surface area (Å²) < 4.78 is 1.07. The van der Waals surface area contributed by atoms with Crippen LogP contribution in [0.2, 0.25) is 0 Å². The van der Waals surface area contributed by atoms with Crippen LogP contribution in [0.5, 0.6) is 0 Å². The topological polar surface area (TPSA) is 66.9 Å². The molecule has 104 valence electrons. The molecule has 0 radical (unpaired) electrons. The number of hydrogen-bond donors (Lipinski definition) is 2. The zero-order chi connectivity index (χ0) is 14.5. The predicted octanol–water partition coefficient (Wildman–Crippen LogP) is 2.83.